The second-order valence-electron chi connectivity index (χ2n) is 17.9. The molecule has 2 aromatic carbocycles. The van der Waals surface area contributed by atoms with Crippen LogP contribution in [0.5, 0.6) is 11.5 Å². The number of nitrogen functional groups attached to an aromatic ring is 1. The third-order valence-corrected chi connectivity index (χ3v) is 13.4. The van der Waals surface area contributed by atoms with E-state index in [1.165, 1.54) is 25.3 Å². The van der Waals surface area contributed by atoms with Gasteiger partial charge >= 0.3 is 5.97 Å². The van der Waals surface area contributed by atoms with Gasteiger partial charge in [0.1, 0.15) is 11.6 Å². The van der Waals surface area contributed by atoms with Gasteiger partial charge in [-0.15, -0.1) is 5.75 Å². The van der Waals surface area contributed by atoms with E-state index in [2.05, 4.69) is 29.0 Å². The molecule has 2 aliphatic carbocycles. The number of aromatic hydroxyl groups is 1. The molecule has 2 heterocycles. The molecule has 2 aromatic heterocycles. The Bertz CT molecular complexity index is 2000. The Labute approximate surface area is 355 Å². The summed E-state index contributed by atoms with van der Waals surface area (Å²) < 4.78 is 0. The summed E-state index contributed by atoms with van der Waals surface area (Å²) >= 11 is 0. The molecule has 0 amide bonds. The number of aromatic nitrogens is 2. The van der Waals surface area contributed by atoms with Gasteiger partial charge in [0.15, 0.2) is 0 Å². The summed E-state index contributed by atoms with van der Waals surface area (Å²) in [5, 5.41) is 68.3. The van der Waals surface area contributed by atoms with Gasteiger partial charge in [-0.25, -0.2) is 4.98 Å². The smallest absolute Gasteiger partial charge is 0.309 e. The van der Waals surface area contributed by atoms with Gasteiger partial charge < -0.3 is 41.4 Å². The van der Waals surface area contributed by atoms with E-state index >= 15 is 0 Å². The molecule has 324 valence electrons. The number of H-pyrrole nitrogens is 1. The molecule has 1 saturated carbocycles. The number of phenolic OH excluding ortho intramolecular Hbond substituents is 1. The number of hydrogen-bond acceptors (Lipinski definition) is 8. The average Bonchev–Trinajstić information content (AvgIpc) is 3.80. The lowest BCUT2D eigenvalue weighted by Crippen LogP contribution is -2.37. The van der Waals surface area contributed by atoms with Crippen molar-refractivity contribution >= 4 is 11.8 Å². The highest BCUT2D eigenvalue weighted by atomic mass is 16.4. The minimum absolute atomic E-state index is 0.103. The summed E-state index contributed by atoms with van der Waals surface area (Å²) in [5.74, 6) is -1.34. The number of benzene rings is 2. The lowest BCUT2D eigenvalue weighted by atomic mass is 9.80. The zero-order valence-corrected chi connectivity index (χ0v) is 35.2. The Morgan fingerprint density at radius 3 is 2.50 bits per heavy atom. The molecule has 1 fully saturated rings. The van der Waals surface area contributed by atoms with Crippen molar-refractivity contribution in [1.82, 2.24) is 9.97 Å². The van der Waals surface area contributed by atoms with Crippen LogP contribution in [-0.4, -0.2) is 59.3 Å². The molecular formula is C50H66N3O7-. The number of carbonyl (C=O) groups is 1. The van der Waals surface area contributed by atoms with Crippen LogP contribution in [0.25, 0.3) is 11.3 Å². The number of rotatable bonds is 22. The molecule has 0 spiro atoms. The van der Waals surface area contributed by atoms with Crippen LogP contribution in [0.15, 0.2) is 85.1 Å². The van der Waals surface area contributed by atoms with Gasteiger partial charge in [0.05, 0.1) is 23.7 Å². The van der Waals surface area contributed by atoms with E-state index in [4.69, 9.17) is 5.73 Å². The van der Waals surface area contributed by atoms with Crippen molar-refractivity contribution in [2.75, 3.05) is 5.73 Å². The molecule has 6 rings (SSSR count). The predicted molar refractivity (Wildman–Crippen MR) is 234 cm³/mol. The molecule has 0 saturated heterocycles. The Morgan fingerprint density at radius 2 is 1.75 bits per heavy atom. The van der Waals surface area contributed by atoms with Crippen molar-refractivity contribution < 1.29 is 35.4 Å². The third kappa shape index (κ3) is 12.2. The van der Waals surface area contributed by atoms with E-state index < -0.39 is 23.6 Å². The highest BCUT2D eigenvalue weighted by Gasteiger charge is 2.46. The number of carboxylic acid groups (broad SMARTS) is 1. The number of unbranched alkanes of at least 4 members (excludes halogenated alkanes) is 4. The van der Waals surface area contributed by atoms with Crippen molar-refractivity contribution in [1.29, 1.82) is 0 Å². The maximum Gasteiger partial charge on any atom is 0.309 e. The molecule has 2 aliphatic rings. The van der Waals surface area contributed by atoms with Gasteiger partial charge in [-0.05, 0) is 141 Å². The molecule has 0 aliphatic heterocycles. The minimum atomic E-state index is -1.16. The van der Waals surface area contributed by atoms with E-state index in [9.17, 15) is 35.4 Å². The standard InChI is InChI=1S/C50H67N3O7/c1-2-3-6-11-34-16-17-37(46(56)27-34)14-9-5-10-15-41(49(58)59)45(55)20-22-50(60)32-36(24-35-21-23-52-48(51)28-35)25-38(50)29-39-18-19-44(53-39)42-30-40(54)31-47(57)43(42)26-33-12-7-4-8-13-33/h4,7-8,12-13,16-19,21,23,28,30-31,34,36-38,41,45-46,53-57,60H,2-3,5-6,9-11,14-15,20,22,24-27,29,32H2,1H3,(H2,51,52)(H,58,59)/p-1/t34-,36-,37-,38+,41+,45-,46-,50+/m1/s1. The van der Waals surface area contributed by atoms with Crippen molar-refractivity contribution in [2.45, 2.75) is 134 Å². The van der Waals surface area contributed by atoms with E-state index in [-0.39, 0.29) is 48.2 Å². The number of allylic oxidation sites excluding steroid dienone is 1. The zero-order valence-electron chi connectivity index (χ0n) is 35.2. The third-order valence-electron chi connectivity index (χ3n) is 13.4. The molecular weight excluding hydrogens is 755 g/mol. The van der Waals surface area contributed by atoms with Crippen LogP contribution in [0.3, 0.4) is 0 Å². The second-order valence-corrected chi connectivity index (χ2v) is 17.9. The molecule has 0 unspecified atom stereocenters. The Hall–Kier alpha value is -4.64. The van der Waals surface area contributed by atoms with Crippen LogP contribution < -0.4 is 10.8 Å². The Kier molecular flexibility index (Phi) is 15.9. The Morgan fingerprint density at radius 1 is 0.950 bits per heavy atom. The number of nitrogens with zero attached hydrogens (tertiary/aromatic N) is 1. The zero-order chi connectivity index (χ0) is 42.6. The van der Waals surface area contributed by atoms with Crippen LogP contribution >= 0.6 is 0 Å². The van der Waals surface area contributed by atoms with Gasteiger partial charge in [0, 0.05) is 29.1 Å². The fourth-order valence-electron chi connectivity index (χ4n) is 10.0. The highest BCUT2D eigenvalue weighted by Crippen LogP contribution is 2.46. The first-order chi connectivity index (χ1) is 28.9. The summed E-state index contributed by atoms with van der Waals surface area (Å²) in [7, 11) is 0. The fraction of sp³-hybridized carbons (Fsp3) is 0.520. The van der Waals surface area contributed by atoms with Crippen LogP contribution in [0.4, 0.5) is 5.82 Å². The van der Waals surface area contributed by atoms with E-state index in [0.717, 1.165) is 48.9 Å². The average molecular weight is 821 g/mol. The molecule has 0 radical (unpaired) electrons. The SMILES string of the molecule is CCCCC[C@@H]1C=C[C@@H](CCCCC[C@H](C(=O)O)[C@H](O)CC[C@]2(O)C[C@H](Cc3ccnc(N)c3)C[C@H]2Cc2ccc(-c3cc(O)cc([O-])c3Cc3ccccc3)[nH]2)[C@H](O)C1. The van der Waals surface area contributed by atoms with E-state index in [0.29, 0.717) is 73.5 Å². The number of aliphatic hydroxyl groups is 3. The number of nitrogens with one attached hydrogen (secondary N) is 1. The first-order valence-corrected chi connectivity index (χ1v) is 22.4. The summed E-state index contributed by atoms with van der Waals surface area (Å²) in [6.45, 7) is 2.20. The first kappa shape index (κ1) is 44.9. The Balaban J connectivity index is 1.09. The van der Waals surface area contributed by atoms with E-state index in [1.54, 1.807) is 12.3 Å². The fourth-order valence-corrected chi connectivity index (χ4v) is 10.0. The molecule has 8 atom stereocenters. The molecule has 8 N–H and O–H groups in total. The topological polar surface area (TPSA) is 196 Å². The number of aromatic amines is 1. The van der Waals surface area contributed by atoms with Crippen LogP contribution in [0.1, 0.15) is 119 Å². The quantitative estimate of drug-likeness (QED) is 0.0300. The number of hydrogen-bond donors (Lipinski definition) is 7. The summed E-state index contributed by atoms with van der Waals surface area (Å²) in [4.78, 5) is 20.1. The number of pyridine rings is 1. The number of aliphatic carboxylic acids is 1. The van der Waals surface area contributed by atoms with Crippen molar-refractivity contribution in [2.24, 2.45) is 29.6 Å². The lowest BCUT2D eigenvalue weighted by molar-refractivity contribution is -0.269. The van der Waals surface area contributed by atoms with Crippen LogP contribution in [0, 0.1) is 29.6 Å². The number of anilines is 1. The minimum Gasteiger partial charge on any atom is -0.872 e. The van der Waals surface area contributed by atoms with E-state index in [1.807, 2.05) is 54.6 Å². The molecule has 0 bridgehead atoms. The van der Waals surface area contributed by atoms with Crippen LogP contribution in [0.2, 0.25) is 0 Å². The monoisotopic (exact) mass is 820 g/mol. The predicted octanol–water partition coefficient (Wildman–Crippen LogP) is 8.50. The maximum absolute atomic E-state index is 13.1. The molecule has 10 nitrogen and oxygen atoms in total. The summed E-state index contributed by atoms with van der Waals surface area (Å²) in [6.07, 6.45) is 17.1. The molecule has 10 heteroatoms. The van der Waals surface area contributed by atoms with Gasteiger partial charge in [0.2, 0.25) is 0 Å². The maximum atomic E-state index is 13.1. The lowest BCUT2D eigenvalue weighted by Gasteiger charge is -2.32. The van der Waals surface area contributed by atoms with Crippen LogP contribution in [-0.2, 0) is 24.1 Å². The molecule has 60 heavy (non-hydrogen) atoms. The summed E-state index contributed by atoms with van der Waals surface area (Å²) in [5.41, 5.74) is 9.63. The van der Waals surface area contributed by atoms with Gasteiger partial charge in [-0.3, -0.25) is 4.79 Å². The number of carboxylic acids is 1. The first-order valence-electron chi connectivity index (χ1n) is 22.4. The van der Waals surface area contributed by atoms with Gasteiger partial charge in [0.25, 0.3) is 0 Å². The molecule has 4 aromatic rings. The van der Waals surface area contributed by atoms with Crippen molar-refractivity contribution in [3.63, 3.8) is 0 Å². The number of aliphatic hydroxyl groups excluding tert-OH is 2. The normalized spacial score (nSPS) is 23.8. The number of nitrogens with two attached hydrogens (primary N) is 1. The second kappa shape index (κ2) is 21.2. The highest BCUT2D eigenvalue weighted by molar-refractivity contribution is 5.71. The van der Waals surface area contributed by atoms with Gasteiger partial charge in [-0.2, -0.15) is 0 Å². The van der Waals surface area contributed by atoms with Crippen molar-refractivity contribution in [3.8, 4) is 22.8 Å². The van der Waals surface area contributed by atoms with Crippen molar-refractivity contribution in [3.05, 3.63) is 107 Å². The largest absolute Gasteiger partial charge is 0.872 e. The number of phenols is 1. The van der Waals surface area contributed by atoms with Gasteiger partial charge in [-0.1, -0.05) is 87.9 Å². The summed E-state index contributed by atoms with van der Waals surface area (Å²) in [6, 6.07) is 20.2.